The molecule has 0 aliphatic carbocycles. The van der Waals surface area contributed by atoms with Crippen LogP contribution in [0.25, 0.3) is 0 Å². The van der Waals surface area contributed by atoms with Gasteiger partial charge < -0.3 is 15.1 Å². The molecule has 0 bridgehead atoms. The van der Waals surface area contributed by atoms with Crippen LogP contribution in [0.5, 0.6) is 0 Å². The summed E-state index contributed by atoms with van der Waals surface area (Å²) in [6.45, 7) is 2.30. The number of nitriles is 1. The second-order valence-electron chi connectivity index (χ2n) is 7.79. The maximum atomic E-state index is 14.3. The van der Waals surface area contributed by atoms with Crippen molar-refractivity contribution in [3.05, 3.63) is 65.0 Å². The van der Waals surface area contributed by atoms with Gasteiger partial charge in [-0.3, -0.25) is 9.59 Å². The molecule has 10 heteroatoms. The van der Waals surface area contributed by atoms with Crippen molar-refractivity contribution in [2.75, 3.05) is 24.5 Å². The summed E-state index contributed by atoms with van der Waals surface area (Å²) in [5.41, 5.74) is -1.00. The van der Waals surface area contributed by atoms with Crippen LogP contribution in [0.4, 0.5) is 23.2 Å². The highest BCUT2D eigenvalue weighted by molar-refractivity contribution is 5.89. The first kappa shape index (κ1) is 23.2. The summed E-state index contributed by atoms with van der Waals surface area (Å²) in [6, 6.07) is 9.82. The van der Waals surface area contributed by atoms with Gasteiger partial charge in [0.05, 0.1) is 28.4 Å². The number of halogens is 4. The molecule has 2 aromatic rings. The molecule has 1 aliphatic heterocycles. The van der Waals surface area contributed by atoms with Crippen LogP contribution >= 0.6 is 0 Å². The second kappa shape index (κ2) is 8.96. The largest absolute Gasteiger partial charge is 0.416 e. The first-order valence-electron chi connectivity index (χ1n) is 9.66. The summed E-state index contributed by atoms with van der Waals surface area (Å²) in [6.07, 6.45) is -4.15. The Kier molecular flexibility index (Phi) is 6.50. The van der Waals surface area contributed by atoms with E-state index in [1.54, 1.807) is 6.07 Å². The van der Waals surface area contributed by atoms with E-state index in [4.69, 9.17) is 5.26 Å². The van der Waals surface area contributed by atoms with Gasteiger partial charge in [-0.2, -0.15) is 18.4 Å². The number of nitrogens with zero attached hydrogens (tertiary/aromatic N) is 3. The number of hydrogen-bond donors (Lipinski definition) is 1. The molecule has 168 valence electrons. The first-order valence-corrected chi connectivity index (χ1v) is 9.66. The van der Waals surface area contributed by atoms with Crippen molar-refractivity contribution in [1.29, 1.82) is 5.26 Å². The molecule has 0 aromatic heterocycles. The zero-order chi connectivity index (χ0) is 23.5. The predicted octanol–water partition coefficient (Wildman–Crippen LogP) is 3.07. The third-order valence-corrected chi connectivity index (χ3v) is 5.41. The zero-order valence-corrected chi connectivity index (χ0v) is 17.1. The van der Waals surface area contributed by atoms with Gasteiger partial charge in [-0.1, -0.05) is 12.1 Å². The maximum Gasteiger partial charge on any atom is 0.416 e. The molecule has 1 N–H and O–H groups in total. The van der Waals surface area contributed by atoms with Crippen LogP contribution in [-0.4, -0.2) is 42.4 Å². The zero-order valence-electron chi connectivity index (χ0n) is 17.1. The van der Waals surface area contributed by atoms with Crippen molar-refractivity contribution in [1.82, 2.24) is 10.2 Å². The molecule has 2 amide bonds. The van der Waals surface area contributed by atoms with Crippen LogP contribution in [-0.2, 0) is 22.3 Å². The van der Waals surface area contributed by atoms with E-state index < -0.39 is 35.5 Å². The molecule has 3 rings (SSSR count). The average molecular weight is 448 g/mol. The summed E-state index contributed by atoms with van der Waals surface area (Å²) < 4.78 is 52.8. The van der Waals surface area contributed by atoms with Crippen LogP contribution in [0, 0.1) is 17.1 Å². The Hall–Kier alpha value is -3.45. The SMILES string of the molecule is CC1(N(Cc2ccc(C(F)(F)F)cc2)C(=O)CN(C=O)c2ccc(C#N)cc2F)CNC1. The highest BCUT2D eigenvalue weighted by atomic mass is 19.4. The number of rotatable bonds is 7. The molecule has 1 fully saturated rings. The lowest BCUT2D eigenvalue weighted by molar-refractivity contribution is -0.139. The van der Waals surface area contributed by atoms with E-state index in [2.05, 4.69) is 5.32 Å². The minimum absolute atomic E-state index is 0.0255. The van der Waals surface area contributed by atoms with Crippen molar-refractivity contribution in [3.63, 3.8) is 0 Å². The molecule has 1 aliphatic rings. The third kappa shape index (κ3) is 4.89. The van der Waals surface area contributed by atoms with E-state index in [9.17, 15) is 27.2 Å². The minimum atomic E-state index is -4.46. The topological polar surface area (TPSA) is 76.4 Å². The molecule has 0 atom stereocenters. The Bertz CT molecular complexity index is 1040. The molecule has 0 spiro atoms. The molecule has 0 saturated carbocycles. The van der Waals surface area contributed by atoms with Crippen molar-refractivity contribution < 1.29 is 27.2 Å². The number of amides is 2. The summed E-state index contributed by atoms with van der Waals surface area (Å²) in [4.78, 5) is 27.1. The number of hydrogen-bond acceptors (Lipinski definition) is 4. The fourth-order valence-corrected chi connectivity index (χ4v) is 3.46. The molecule has 2 aromatic carbocycles. The summed E-state index contributed by atoms with van der Waals surface area (Å²) in [5, 5.41) is 11.9. The van der Waals surface area contributed by atoms with E-state index in [-0.39, 0.29) is 17.8 Å². The number of nitrogens with one attached hydrogen (secondary N) is 1. The number of carbonyl (C=O) groups excluding carboxylic acids is 2. The first-order chi connectivity index (χ1) is 15.1. The van der Waals surface area contributed by atoms with Crippen LogP contribution in [0.15, 0.2) is 42.5 Å². The maximum absolute atomic E-state index is 14.3. The van der Waals surface area contributed by atoms with Gasteiger partial charge >= 0.3 is 6.18 Å². The van der Waals surface area contributed by atoms with Crippen LogP contribution in [0.3, 0.4) is 0 Å². The number of anilines is 1. The van der Waals surface area contributed by atoms with E-state index in [1.807, 2.05) is 6.92 Å². The standard InChI is InChI=1S/C22H20F4N4O2/c1-21(12-28-13-21)30(10-15-2-5-17(6-3-15)22(24,25)26)20(32)11-29(14-31)19-7-4-16(9-27)8-18(19)23/h2-8,14,28H,10-13H2,1H3. The highest BCUT2D eigenvalue weighted by Gasteiger charge is 2.41. The molecular weight excluding hydrogens is 428 g/mol. The quantitative estimate of drug-likeness (QED) is 0.522. The van der Waals surface area contributed by atoms with Gasteiger partial charge in [0.2, 0.25) is 12.3 Å². The molecule has 0 radical (unpaired) electrons. The van der Waals surface area contributed by atoms with Gasteiger partial charge in [0.15, 0.2) is 0 Å². The van der Waals surface area contributed by atoms with Crippen LogP contribution in [0.1, 0.15) is 23.6 Å². The van der Waals surface area contributed by atoms with E-state index >= 15 is 0 Å². The normalized spacial score (nSPS) is 14.8. The minimum Gasteiger partial charge on any atom is -0.329 e. The summed E-state index contributed by atoms with van der Waals surface area (Å²) in [5.74, 6) is -1.32. The Morgan fingerprint density at radius 1 is 1.22 bits per heavy atom. The smallest absolute Gasteiger partial charge is 0.329 e. The molecule has 1 saturated heterocycles. The van der Waals surface area contributed by atoms with Gasteiger partial charge in [-0.15, -0.1) is 0 Å². The van der Waals surface area contributed by atoms with Crippen LogP contribution in [0.2, 0.25) is 0 Å². The molecule has 32 heavy (non-hydrogen) atoms. The fraction of sp³-hybridized carbons (Fsp3) is 0.318. The Labute approximate surface area is 182 Å². The molecule has 6 nitrogen and oxygen atoms in total. The van der Waals surface area contributed by atoms with Crippen molar-refractivity contribution in [2.24, 2.45) is 0 Å². The second-order valence-corrected chi connectivity index (χ2v) is 7.79. The lowest BCUT2D eigenvalue weighted by atomic mass is 9.91. The number of carbonyl (C=O) groups is 2. The van der Waals surface area contributed by atoms with Gasteiger partial charge in [0, 0.05) is 19.6 Å². The van der Waals surface area contributed by atoms with E-state index in [0.717, 1.165) is 23.1 Å². The third-order valence-electron chi connectivity index (χ3n) is 5.41. The Morgan fingerprint density at radius 2 is 1.88 bits per heavy atom. The molecular formula is C22H20F4N4O2. The van der Waals surface area contributed by atoms with Crippen LogP contribution < -0.4 is 10.2 Å². The molecule has 0 unspecified atom stereocenters. The Morgan fingerprint density at radius 3 is 2.34 bits per heavy atom. The fourth-order valence-electron chi connectivity index (χ4n) is 3.46. The summed E-state index contributed by atoms with van der Waals surface area (Å²) >= 11 is 0. The predicted molar refractivity (Wildman–Crippen MR) is 108 cm³/mol. The van der Waals surface area contributed by atoms with Gasteiger partial charge in [-0.25, -0.2) is 4.39 Å². The number of alkyl halides is 3. The van der Waals surface area contributed by atoms with Crippen molar-refractivity contribution >= 4 is 18.0 Å². The monoisotopic (exact) mass is 448 g/mol. The number of benzene rings is 2. The molecule has 1 heterocycles. The van der Waals surface area contributed by atoms with E-state index in [0.29, 0.717) is 25.1 Å². The Balaban J connectivity index is 1.82. The summed E-state index contributed by atoms with van der Waals surface area (Å²) in [7, 11) is 0. The highest BCUT2D eigenvalue weighted by Crippen LogP contribution is 2.30. The van der Waals surface area contributed by atoms with E-state index in [1.165, 1.54) is 29.2 Å². The van der Waals surface area contributed by atoms with Crippen molar-refractivity contribution in [2.45, 2.75) is 25.2 Å². The van der Waals surface area contributed by atoms with Gasteiger partial charge in [0.25, 0.3) is 0 Å². The lowest BCUT2D eigenvalue weighted by Crippen LogP contribution is -2.68. The van der Waals surface area contributed by atoms with Gasteiger partial charge in [0.1, 0.15) is 12.4 Å². The van der Waals surface area contributed by atoms with Crippen molar-refractivity contribution in [3.8, 4) is 6.07 Å². The average Bonchev–Trinajstić information content (AvgIpc) is 2.74. The van der Waals surface area contributed by atoms with Gasteiger partial charge in [-0.05, 0) is 42.8 Å². The lowest BCUT2D eigenvalue weighted by Gasteiger charge is -2.48.